The van der Waals surface area contributed by atoms with Gasteiger partial charge in [-0.15, -0.1) is 0 Å². The van der Waals surface area contributed by atoms with Gasteiger partial charge in [0.15, 0.2) is 6.10 Å². The van der Waals surface area contributed by atoms with Crippen LogP contribution in [0.15, 0.2) is 47.0 Å². The molecule has 176 valence electrons. The minimum absolute atomic E-state index is 0.00265. The van der Waals surface area contributed by atoms with Crippen molar-refractivity contribution in [2.45, 2.75) is 46.1 Å². The van der Waals surface area contributed by atoms with Gasteiger partial charge in [0.1, 0.15) is 11.5 Å². The molecule has 0 aliphatic rings. The Labute approximate surface area is 188 Å². The lowest BCUT2D eigenvalue weighted by molar-refractivity contribution is -0.150. The van der Waals surface area contributed by atoms with Crippen molar-refractivity contribution in [3.8, 4) is 34.3 Å². The number of alkyl halides is 3. The zero-order valence-electron chi connectivity index (χ0n) is 18.5. The van der Waals surface area contributed by atoms with Gasteiger partial charge in [-0.25, -0.2) is 4.79 Å². The molecule has 0 fully saturated rings. The number of nitrogens with zero attached hydrogens (tertiary/aromatic N) is 2. The van der Waals surface area contributed by atoms with Crippen LogP contribution in [-0.2, 0) is 15.7 Å². The van der Waals surface area contributed by atoms with E-state index in [0.717, 1.165) is 6.07 Å². The second-order valence-corrected chi connectivity index (χ2v) is 7.33. The quantitative estimate of drug-likeness (QED) is 0.405. The zero-order chi connectivity index (χ0) is 24.2. The van der Waals surface area contributed by atoms with E-state index < -0.39 is 29.9 Å². The maximum Gasteiger partial charge on any atom is 0.419 e. The van der Waals surface area contributed by atoms with Crippen molar-refractivity contribution in [2.75, 3.05) is 6.61 Å². The van der Waals surface area contributed by atoms with Crippen molar-refractivity contribution in [3.63, 3.8) is 0 Å². The molecule has 10 heteroatoms. The van der Waals surface area contributed by atoms with Gasteiger partial charge in [-0.05, 0) is 70.2 Å². The maximum atomic E-state index is 13.5. The van der Waals surface area contributed by atoms with E-state index in [-0.39, 0.29) is 29.6 Å². The van der Waals surface area contributed by atoms with E-state index in [9.17, 15) is 18.0 Å². The lowest BCUT2D eigenvalue weighted by Crippen LogP contribution is -2.25. The van der Waals surface area contributed by atoms with E-state index in [1.165, 1.54) is 12.1 Å². The van der Waals surface area contributed by atoms with Crippen LogP contribution in [0.1, 0.15) is 33.3 Å². The normalized spacial score (nSPS) is 12.5. The van der Waals surface area contributed by atoms with Gasteiger partial charge in [0, 0.05) is 11.1 Å². The highest BCUT2D eigenvalue weighted by Gasteiger charge is 2.35. The number of rotatable bonds is 8. The number of carbonyl (C=O) groups is 1. The Morgan fingerprint density at radius 2 is 1.70 bits per heavy atom. The molecule has 0 unspecified atom stereocenters. The van der Waals surface area contributed by atoms with Gasteiger partial charge >= 0.3 is 12.1 Å². The Morgan fingerprint density at radius 1 is 1.03 bits per heavy atom. The zero-order valence-corrected chi connectivity index (χ0v) is 18.5. The summed E-state index contributed by atoms with van der Waals surface area (Å²) >= 11 is 0. The molecule has 0 amide bonds. The third-order valence-corrected chi connectivity index (χ3v) is 4.36. The summed E-state index contributed by atoms with van der Waals surface area (Å²) in [5, 5.41) is 3.80. The molecule has 33 heavy (non-hydrogen) atoms. The Balaban J connectivity index is 1.80. The predicted octanol–water partition coefficient (Wildman–Crippen LogP) is 5.54. The molecule has 0 radical (unpaired) electrons. The Bertz CT molecular complexity index is 1090. The van der Waals surface area contributed by atoms with Crippen LogP contribution in [0.3, 0.4) is 0 Å². The maximum absolute atomic E-state index is 13.5. The molecule has 0 aliphatic heterocycles. The van der Waals surface area contributed by atoms with Gasteiger partial charge < -0.3 is 18.7 Å². The molecule has 1 heterocycles. The molecule has 0 saturated heterocycles. The van der Waals surface area contributed by atoms with E-state index in [0.29, 0.717) is 11.3 Å². The number of hydrogen-bond donors (Lipinski definition) is 0. The van der Waals surface area contributed by atoms with Crippen molar-refractivity contribution in [3.05, 3.63) is 48.0 Å². The third kappa shape index (κ3) is 6.03. The lowest BCUT2D eigenvalue weighted by atomic mass is 10.1. The van der Waals surface area contributed by atoms with E-state index in [1.54, 1.807) is 52.0 Å². The molecule has 3 rings (SSSR count). The summed E-state index contributed by atoms with van der Waals surface area (Å²) in [4.78, 5) is 15.9. The molecule has 0 bridgehead atoms. The first-order valence-electron chi connectivity index (χ1n) is 10.2. The van der Waals surface area contributed by atoms with Gasteiger partial charge in [0.05, 0.1) is 18.3 Å². The van der Waals surface area contributed by atoms with Crippen molar-refractivity contribution in [1.82, 2.24) is 10.1 Å². The van der Waals surface area contributed by atoms with Gasteiger partial charge in [-0.2, -0.15) is 18.2 Å². The van der Waals surface area contributed by atoms with Crippen LogP contribution in [0.25, 0.3) is 22.8 Å². The number of hydrogen-bond acceptors (Lipinski definition) is 7. The highest BCUT2D eigenvalue weighted by molar-refractivity contribution is 5.74. The molecule has 3 aromatic rings. The smallest absolute Gasteiger partial charge is 0.419 e. The van der Waals surface area contributed by atoms with Crippen molar-refractivity contribution in [1.29, 1.82) is 0 Å². The summed E-state index contributed by atoms with van der Waals surface area (Å²) in [6.45, 7) is 6.82. The monoisotopic (exact) mass is 464 g/mol. The third-order valence-electron chi connectivity index (χ3n) is 4.36. The lowest BCUT2D eigenvalue weighted by Gasteiger charge is -2.16. The number of ether oxygens (including phenoxy) is 3. The summed E-state index contributed by atoms with van der Waals surface area (Å²) in [6.07, 6.45) is -5.80. The highest BCUT2D eigenvalue weighted by Crippen LogP contribution is 2.39. The van der Waals surface area contributed by atoms with E-state index in [4.69, 9.17) is 18.7 Å². The molecular weight excluding hydrogens is 441 g/mol. The van der Waals surface area contributed by atoms with Crippen LogP contribution in [0.2, 0.25) is 0 Å². The molecule has 2 aromatic carbocycles. The average molecular weight is 464 g/mol. The summed E-state index contributed by atoms with van der Waals surface area (Å²) in [5.41, 5.74) is -0.255. The minimum atomic E-state index is -4.61. The Morgan fingerprint density at radius 3 is 2.30 bits per heavy atom. The Kier molecular flexibility index (Phi) is 7.25. The van der Waals surface area contributed by atoms with Crippen LogP contribution < -0.4 is 9.47 Å². The summed E-state index contributed by atoms with van der Waals surface area (Å²) < 4.78 is 61.4. The second-order valence-electron chi connectivity index (χ2n) is 7.33. The van der Waals surface area contributed by atoms with E-state index in [2.05, 4.69) is 10.1 Å². The number of aromatic nitrogens is 2. The Hall–Kier alpha value is -3.56. The van der Waals surface area contributed by atoms with Crippen LogP contribution in [0, 0.1) is 0 Å². The van der Waals surface area contributed by atoms with Crippen molar-refractivity contribution >= 4 is 5.97 Å². The van der Waals surface area contributed by atoms with Gasteiger partial charge in [-0.3, -0.25) is 0 Å². The SMILES string of the molecule is CCOC(=O)[C@@H](C)Oc1ccc(-c2nc(-c3ccc(OC(C)C)c(C(F)(F)F)c3)no2)cc1. The summed E-state index contributed by atoms with van der Waals surface area (Å²) in [5.74, 6) is -0.202. The fourth-order valence-electron chi connectivity index (χ4n) is 2.89. The number of halogens is 3. The molecule has 1 atom stereocenters. The van der Waals surface area contributed by atoms with Gasteiger partial charge in [-0.1, -0.05) is 5.16 Å². The van der Waals surface area contributed by atoms with Gasteiger partial charge in [0.25, 0.3) is 5.89 Å². The minimum Gasteiger partial charge on any atom is -0.490 e. The van der Waals surface area contributed by atoms with Crippen LogP contribution in [0.5, 0.6) is 11.5 Å². The first kappa shape index (κ1) is 24.1. The number of carbonyl (C=O) groups excluding carboxylic acids is 1. The van der Waals surface area contributed by atoms with Crippen LogP contribution in [-0.4, -0.2) is 34.9 Å². The molecule has 0 saturated carbocycles. The predicted molar refractivity (Wildman–Crippen MR) is 113 cm³/mol. The first-order chi connectivity index (χ1) is 15.6. The summed E-state index contributed by atoms with van der Waals surface area (Å²) in [6, 6.07) is 10.1. The number of esters is 1. The van der Waals surface area contributed by atoms with Crippen molar-refractivity contribution < 1.29 is 36.7 Å². The second kappa shape index (κ2) is 9.93. The van der Waals surface area contributed by atoms with Crippen LogP contribution >= 0.6 is 0 Å². The molecule has 0 spiro atoms. The largest absolute Gasteiger partial charge is 0.490 e. The van der Waals surface area contributed by atoms with Gasteiger partial charge in [0.2, 0.25) is 5.82 Å². The van der Waals surface area contributed by atoms with E-state index in [1.807, 2.05) is 0 Å². The number of benzene rings is 2. The molecular formula is C23H23F3N2O5. The van der Waals surface area contributed by atoms with E-state index >= 15 is 0 Å². The highest BCUT2D eigenvalue weighted by atomic mass is 19.4. The molecule has 0 N–H and O–H groups in total. The fourth-order valence-corrected chi connectivity index (χ4v) is 2.89. The standard InChI is InChI=1S/C23H23F3N2O5/c1-5-30-22(29)14(4)32-17-9-6-15(7-10-17)21-27-20(28-33-21)16-8-11-19(31-13(2)3)18(12-16)23(24,25)26/h6-14H,5H2,1-4H3/t14-/m1/s1. The van der Waals surface area contributed by atoms with Crippen molar-refractivity contribution in [2.24, 2.45) is 0 Å². The molecule has 0 aliphatic carbocycles. The molecule has 7 nitrogen and oxygen atoms in total. The average Bonchev–Trinajstić information content (AvgIpc) is 3.24. The first-order valence-corrected chi connectivity index (χ1v) is 10.2. The molecule has 1 aromatic heterocycles. The summed E-state index contributed by atoms with van der Waals surface area (Å²) in [7, 11) is 0. The fraction of sp³-hybridized carbons (Fsp3) is 0.348. The topological polar surface area (TPSA) is 83.7 Å². The van der Waals surface area contributed by atoms with Crippen LogP contribution in [0.4, 0.5) is 13.2 Å².